The molecule has 1 saturated carbocycles. The molecule has 1 saturated heterocycles. The summed E-state index contributed by atoms with van der Waals surface area (Å²) >= 11 is 0. The number of morpholine rings is 1. The zero-order chi connectivity index (χ0) is 24.6. The molecule has 2 amide bonds. The van der Waals surface area contributed by atoms with E-state index >= 15 is 4.39 Å². The number of hydrogen-bond donors (Lipinski definition) is 2. The van der Waals surface area contributed by atoms with Gasteiger partial charge in [-0.1, -0.05) is 13.8 Å². The number of likely N-dealkylation sites (N-methyl/N-ethyl adjacent to an activating group) is 1. The first-order valence-corrected chi connectivity index (χ1v) is 12.1. The topological polar surface area (TPSA) is 107 Å². The van der Waals surface area contributed by atoms with E-state index in [-0.39, 0.29) is 23.9 Å². The van der Waals surface area contributed by atoms with Crippen LogP contribution in [-0.4, -0.2) is 69.7 Å². The highest BCUT2D eigenvalue weighted by molar-refractivity contribution is 6.00. The fourth-order valence-corrected chi connectivity index (χ4v) is 6.02. The number of carbonyl (C=O) groups excluding carboxylic acids is 2. The number of nitrogens with one attached hydrogen (secondary N) is 2. The van der Waals surface area contributed by atoms with Crippen molar-refractivity contribution in [2.24, 2.45) is 17.3 Å². The van der Waals surface area contributed by atoms with Crippen LogP contribution in [0.1, 0.15) is 32.0 Å². The van der Waals surface area contributed by atoms with Gasteiger partial charge in [-0.3, -0.25) is 14.7 Å². The molecule has 2 fully saturated rings. The number of anilines is 1. The molecule has 0 bridgehead atoms. The van der Waals surface area contributed by atoms with Gasteiger partial charge < -0.3 is 19.5 Å². The lowest BCUT2D eigenvalue weighted by molar-refractivity contribution is -0.149. The standard InChI is InChI=1S/C25H29FN6O3/c1-12-16-9-15-19(10-25(12,16)3)29-30-21(15)23-27-18-8-14(7-17(26)22(18)28-23)31(4)24(34)13(2)32-5-6-35-11-20(32)33/h7-8,12-13,16H,5-6,9-11H2,1-4H3,(H,27,28)(H,29,30)/t12-,13+,16+,25-/m0/s1. The van der Waals surface area contributed by atoms with Crippen molar-refractivity contribution in [3.8, 4) is 11.5 Å². The molecule has 6 rings (SSSR count). The summed E-state index contributed by atoms with van der Waals surface area (Å²) in [5, 5.41) is 7.70. The van der Waals surface area contributed by atoms with Crippen molar-refractivity contribution in [1.82, 2.24) is 25.1 Å². The van der Waals surface area contributed by atoms with Crippen LogP contribution in [0.5, 0.6) is 0 Å². The van der Waals surface area contributed by atoms with E-state index in [1.165, 1.54) is 15.9 Å². The first kappa shape index (κ1) is 22.2. The number of halogens is 1. The highest BCUT2D eigenvalue weighted by Gasteiger charge is 2.60. The predicted octanol–water partition coefficient (Wildman–Crippen LogP) is 2.67. The Balaban J connectivity index is 1.29. The third-order valence-electron chi connectivity index (χ3n) is 8.64. The second kappa shape index (κ2) is 7.61. The number of ether oxygens (including phenoxy) is 1. The van der Waals surface area contributed by atoms with Crippen LogP contribution in [-0.2, 0) is 27.2 Å². The summed E-state index contributed by atoms with van der Waals surface area (Å²) in [4.78, 5) is 35.9. The van der Waals surface area contributed by atoms with Crippen LogP contribution < -0.4 is 4.90 Å². The van der Waals surface area contributed by atoms with Crippen molar-refractivity contribution in [1.29, 1.82) is 0 Å². The fraction of sp³-hybridized carbons (Fsp3) is 0.520. The molecule has 1 aromatic carbocycles. The quantitative estimate of drug-likeness (QED) is 0.597. The smallest absolute Gasteiger partial charge is 0.249 e. The van der Waals surface area contributed by atoms with Gasteiger partial charge in [0.05, 0.1) is 12.1 Å². The number of H-pyrrole nitrogens is 2. The van der Waals surface area contributed by atoms with E-state index < -0.39 is 11.9 Å². The maximum atomic E-state index is 15.1. The third-order valence-corrected chi connectivity index (χ3v) is 8.64. The molecule has 2 aliphatic carbocycles. The number of fused-ring (bicyclic) bond motifs is 3. The van der Waals surface area contributed by atoms with Crippen LogP contribution in [0.2, 0.25) is 0 Å². The molecule has 9 nitrogen and oxygen atoms in total. The second-order valence-corrected chi connectivity index (χ2v) is 10.4. The van der Waals surface area contributed by atoms with Gasteiger partial charge >= 0.3 is 0 Å². The Hall–Kier alpha value is -3.27. The van der Waals surface area contributed by atoms with Crippen molar-refractivity contribution < 1.29 is 18.7 Å². The normalized spacial score (nSPS) is 26.4. The molecular weight excluding hydrogens is 451 g/mol. The van der Waals surface area contributed by atoms with Gasteiger partial charge in [0.15, 0.2) is 11.6 Å². The SMILES string of the molecule is C[C@H](C(=O)N(C)c1cc(F)c2[nH]c(-c3n[nH]c4c3C[C@@H]3[C@H](C)[C@]3(C)C4)nc2c1)N1CCOCC1=O. The van der Waals surface area contributed by atoms with E-state index in [1.807, 2.05) is 0 Å². The molecule has 2 N–H and O–H groups in total. The zero-order valence-corrected chi connectivity index (χ0v) is 20.3. The summed E-state index contributed by atoms with van der Waals surface area (Å²) in [6.07, 6.45) is 1.91. The third kappa shape index (κ3) is 3.30. The van der Waals surface area contributed by atoms with Crippen molar-refractivity contribution >= 4 is 28.5 Å². The average Bonchev–Trinajstić information content (AvgIpc) is 3.20. The number of aromatic amines is 2. The number of nitrogens with zero attached hydrogens (tertiary/aromatic N) is 4. The number of amides is 2. The lowest BCUT2D eigenvalue weighted by Crippen LogP contribution is -2.53. The van der Waals surface area contributed by atoms with Crippen LogP contribution in [0.15, 0.2) is 12.1 Å². The summed E-state index contributed by atoms with van der Waals surface area (Å²) in [5.41, 5.74) is 4.44. The van der Waals surface area contributed by atoms with Gasteiger partial charge in [0.1, 0.15) is 23.9 Å². The molecule has 3 aliphatic rings. The Labute approximate surface area is 202 Å². The molecule has 3 heterocycles. The fourth-order valence-electron chi connectivity index (χ4n) is 6.02. The summed E-state index contributed by atoms with van der Waals surface area (Å²) < 4.78 is 20.3. The molecule has 0 unspecified atom stereocenters. The lowest BCUT2D eigenvalue weighted by atomic mass is 9.87. The van der Waals surface area contributed by atoms with Gasteiger partial charge in [-0.25, -0.2) is 9.37 Å². The lowest BCUT2D eigenvalue weighted by Gasteiger charge is -2.33. The number of benzene rings is 1. The molecule has 184 valence electrons. The van der Waals surface area contributed by atoms with Gasteiger partial charge in [0.25, 0.3) is 0 Å². The van der Waals surface area contributed by atoms with Crippen molar-refractivity contribution in [2.75, 3.05) is 31.7 Å². The monoisotopic (exact) mass is 480 g/mol. The second-order valence-electron chi connectivity index (χ2n) is 10.4. The Morgan fingerprint density at radius 3 is 2.97 bits per heavy atom. The summed E-state index contributed by atoms with van der Waals surface area (Å²) in [6, 6.07) is 2.31. The highest BCUT2D eigenvalue weighted by Crippen LogP contribution is 2.64. The maximum Gasteiger partial charge on any atom is 0.249 e. The van der Waals surface area contributed by atoms with Gasteiger partial charge in [0.2, 0.25) is 11.8 Å². The molecule has 1 aliphatic heterocycles. The summed E-state index contributed by atoms with van der Waals surface area (Å²) in [7, 11) is 1.58. The maximum absolute atomic E-state index is 15.1. The molecule has 4 atom stereocenters. The minimum atomic E-state index is -0.684. The van der Waals surface area contributed by atoms with Crippen molar-refractivity contribution in [3.05, 3.63) is 29.2 Å². The minimum absolute atomic E-state index is 0.0340. The van der Waals surface area contributed by atoms with E-state index in [0.29, 0.717) is 47.4 Å². The molecular formula is C25H29FN6O3. The van der Waals surface area contributed by atoms with E-state index in [1.54, 1.807) is 20.0 Å². The van der Waals surface area contributed by atoms with Crippen LogP contribution in [0.3, 0.4) is 0 Å². The van der Waals surface area contributed by atoms with Gasteiger partial charge in [0, 0.05) is 30.5 Å². The van der Waals surface area contributed by atoms with E-state index in [2.05, 4.69) is 34.0 Å². The van der Waals surface area contributed by atoms with E-state index in [0.717, 1.165) is 29.8 Å². The number of rotatable bonds is 4. The Morgan fingerprint density at radius 1 is 1.40 bits per heavy atom. The number of carbonyl (C=O) groups is 2. The number of imidazole rings is 1. The Bertz CT molecular complexity index is 1360. The Morgan fingerprint density at radius 2 is 2.20 bits per heavy atom. The van der Waals surface area contributed by atoms with Gasteiger partial charge in [-0.2, -0.15) is 5.10 Å². The largest absolute Gasteiger partial charge is 0.370 e. The number of aromatic nitrogens is 4. The summed E-state index contributed by atoms with van der Waals surface area (Å²) in [6.45, 7) is 7.01. The van der Waals surface area contributed by atoms with Gasteiger partial charge in [-0.05, 0) is 49.1 Å². The molecule has 0 spiro atoms. The van der Waals surface area contributed by atoms with Crippen LogP contribution in [0.25, 0.3) is 22.6 Å². The highest BCUT2D eigenvalue weighted by atomic mass is 19.1. The predicted molar refractivity (Wildman–Crippen MR) is 127 cm³/mol. The Kier molecular flexibility index (Phi) is 4.83. The van der Waals surface area contributed by atoms with Crippen LogP contribution >= 0.6 is 0 Å². The summed E-state index contributed by atoms with van der Waals surface area (Å²) in [5.74, 6) is 0.796. The molecule has 3 aromatic rings. The van der Waals surface area contributed by atoms with Crippen LogP contribution in [0.4, 0.5) is 10.1 Å². The molecule has 0 radical (unpaired) electrons. The first-order valence-electron chi connectivity index (χ1n) is 12.1. The minimum Gasteiger partial charge on any atom is -0.370 e. The van der Waals surface area contributed by atoms with Crippen molar-refractivity contribution in [3.63, 3.8) is 0 Å². The van der Waals surface area contributed by atoms with E-state index in [9.17, 15) is 9.59 Å². The first-order chi connectivity index (χ1) is 16.7. The molecule has 2 aromatic heterocycles. The average molecular weight is 481 g/mol. The molecule has 35 heavy (non-hydrogen) atoms. The molecule has 10 heteroatoms. The van der Waals surface area contributed by atoms with Crippen LogP contribution in [0, 0.1) is 23.1 Å². The van der Waals surface area contributed by atoms with Crippen molar-refractivity contribution in [2.45, 2.75) is 39.7 Å². The number of hydrogen-bond acceptors (Lipinski definition) is 5. The zero-order valence-electron chi connectivity index (χ0n) is 20.3. The van der Waals surface area contributed by atoms with E-state index in [4.69, 9.17) is 4.74 Å². The van der Waals surface area contributed by atoms with Gasteiger partial charge in [-0.15, -0.1) is 0 Å².